The molecule has 2 heteroatoms. The van der Waals surface area contributed by atoms with Crippen molar-refractivity contribution in [3.05, 3.63) is 12.7 Å². The maximum Gasteiger partial charge on any atom is 0.0270 e. The average Bonchev–Trinajstić information content (AvgIpc) is 1.99. The highest BCUT2D eigenvalue weighted by Gasteiger charge is 2.10. The smallest absolute Gasteiger partial charge is 0.0270 e. The Kier molecular flexibility index (Phi) is 5.26. The van der Waals surface area contributed by atoms with Crippen molar-refractivity contribution in [2.75, 3.05) is 0 Å². The van der Waals surface area contributed by atoms with Gasteiger partial charge in [0.15, 0.2) is 0 Å². The van der Waals surface area contributed by atoms with Crippen molar-refractivity contribution in [2.24, 2.45) is 11.8 Å². The second-order valence-electron chi connectivity index (χ2n) is 2.68. The highest BCUT2D eigenvalue weighted by Crippen LogP contribution is 2.09. The summed E-state index contributed by atoms with van der Waals surface area (Å²) in [6.45, 7) is 8.02. The Hall–Kier alpha value is -0.340. The summed E-state index contributed by atoms with van der Waals surface area (Å²) in [5, 5.41) is 0. The largest absolute Gasteiger partial charge is 0.271 e. The molecule has 0 amide bonds. The van der Waals surface area contributed by atoms with Gasteiger partial charge in [-0.2, -0.15) is 0 Å². The molecule has 10 heavy (non-hydrogen) atoms. The first-order chi connectivity index (χ1) is 4.76. The molecule has 0 spiro atoms. The zero-order valence-electron chi connectivity index (χ0n) is 6.93. The third-order valence-corrected chi connectivity index (χ3v) is 1.97. The second kappa shape index (κ2) is 5.45. The molecule has 3 N–H and O–H groups in total. The Labute approximate surface area is 63.5 Å². The molecular formula is C8H18N2. The zero-order valence-corrected chi connectivity index (χ0v) is 6.93. The minimum atomic E-state index is 0.391. The summed E-state index contributed by atoms with van der Waals surface area (Å²) >= 11 is 0. The normalized spacial score (nSPS) is 16.3. The summed E-state index contributed by atoms with van der Waals surface area (Å²) in [4.78, 5) is 0. The van der Waals surface area contributed by atoms with E-state index in [1.165, 1.54) is 0 Å². The van der Waals surface area contributed by atoms with Gasteiger partial charge in [-0.1, -0.05) is 26.3 Å². The van der Waals surface area contributed by atoms with Gasteiger partial charge in [-0.25, -0.2) is 0 Å². The van der Waals surface area contributed by atoms with E-state index in [2.05, 4.69) is 25.9 Å². The Bertz CT molecular complexity index is 91.3. The first-order valence-electron chi connectivity index (χ1n) is 3.83. The molecule has 0 fully saturated rings. The van der Waals surface area contributed by atoms with Crippen LogP contribution in [-0.4, -0.2) is 6.04 Å². The van der Waals surface area contributed by atoms with Crippen molar-refractivity contribution in [3.63, 3.8) is 0 Å². The van der Waals surface area contributed by atoms with Crippen molar-refractivity contribution < 1.29 is 0 Å². The van der Waals surface area contributed by atoms with E-state index in [0.717, 1.165) is 12.8 Å². The van der Waals surface area contributed by atoms with Gasteiger partial charge in [-0.3, -0.25) is 11.3 Å². The number of hydrogen-bond donors (Lipinski definition) is 2. The first-order valence-corrected chi connectivity index (χ1v) is 3.83. The molecule has 0 saturated carbocycles. The monoisotopic (exact) mass is 142 g/mol. The molecule has 0 radical (unpaired) electrons. The topological polar surface area (TPSA) is 38.0 Å². The standard InChI is InChI=1S/C8H18N2/c1-4-6-8(10-9)7(3)5-2/h4,7-8,10H,1,5-6,9H2,2-3H3. The molecule has 0 bridgehead atoms. The summed E-state index contributed by atoms with van der Waals surface area (Å²) in [6.07, 6.45) is 4.00. The lowest BCUT2D eigenvalue weighted by Crippen LogP contribution is -2.39. The van der Waals surface area contributed by atoms with Crippen LogP contribution >= 0.6 is 0 Å². The van der Waals surface area contributed by atoms with Crippen LogP contribution in [0.5, 0.6) is 0 Å². The van der Waals surface area contributed by atoms with Gasteiger partial charge in [0.2, 0.25) is 0 Å². The summed E-state index contributed by atoms with van der Waals surface area (Å²) < 4.78 is 0. The number of nitrogens with one attached hydrogen (secondary N) is 1. The summed E-state index contributed by atoms with van der Waals surface area (Å²) in [5.74, 6) is 5.97. The highest BCUT2D eigenvalue weighted by molar-refractivity contribution is 4.79. The fourth-order valence-corrected chi connectivity index (χ4v) is 0.929. The van der Waals surface area contributed by atoms with Gasteiger partial charge in [-0.15, -0.1) is 6.58 Å². The third kappa shape index (κ3) is 2.99. The Morgan fingerprint density at radius 1 is 1.70 bits per heavy atom. The van der Waals surface area contributed by atoms with Gasteiger partial charge in [-0.05, 0) is 12.3 Å². The molecule has 2 nitrogen and oxygen atoms in total. The van der Waals surface area contributed by atoms with Crippen LogP contribution in [0.1, 0.15) is 26.7 Å². The number of rotatable bonds is 5. The lowest BCUT2D eigenvalue weighted by Gasteiger charge is -2.19. The average molecular weight is 142 g/mol. The predicted molar refractivity (Wildman–Crippen MR) is 45.4 cm³/mol. The maximum atomic E-state index is 5.34. The fraction of sp³-hybridized carbons (Fsp3) is 0.750. The van der Waals surface area contributed by atoms with Crippen LogP contribution in [0, 0.1) is 5.92 Å². The van der Waals surface area contributed by atoms with Crippen molar-refractivity contribution in [3.8, 4) is 0 Å². The molecule has 60 valence electrons. The molecule has 0 aromatic carbocycles. The molecule has 0 aliphatic rings. The van der Waals surface area contributed by atoms with Gasteiger partial charge >= 0.3 is 0 Å². The molecule has 0 aromatic rings. The minimum Gasteiger partial charge on any atom is -0.271 e. The number of hydrogen-bond acceptors (Lipinski definition) is 2. The van der Waals surface area contributed by atoms with Gasteiger partial charge < -0.3 is 0 Å². The van der Waals surface area contributed by atoms with Crippen molar-refractivity contribution in [1.29, 1.82) is 0 Å². The van der Waals surface area contributed by atoms with Gasteiger partial charge in [0.25, 0.3) is 0 Å². The molecule has 0 saturated heterocycles. The number of hydrazine groups is 1. The highest BCUT2D eigenvalue weighted by atomic mass is 15.2. The minimum absolute atomic E-state index is 0.391. The van der Waals surface area contributed by atoms with Crippen LogP contribution in [-0.2, 0) is 0 Å². The van der Waals surface area contributed by atoms with E-state index in [9.17, 15) is 0 Å². The maximum absolute atomic E-state index is 5.34. The summed E-state index contributed by atoms with van der Waals surface area (Å²) in [6, 6.07) is 0.391. The predicted octanol–water partition coefficient (Wildman–Crippen LogP) is 1.44. The summed E-state index contributed by atoms with van der Waals surface area (Å²) in [7, 11) is 0. The van der Waals surface area contributed by atoms with Crippen LogP contribution in [0.15, 0.2) is 12.7 Å². The van der Waals surface area contributed by atoms with E-state index in [0.29, 0.717) is 12.0 Å². The lowest BCUT2D eigenvalue weighted by atomic mass is 9.97. The first kappa shape index (κ1) is 9.66. The van der Waals surface area contributed by atoms with E-state index in [-0.39, 0.29) is 0 Å². The van der Waals surface area contributed by atoms with Gasteiger partial charge in [0, 0.05) is 6.04 Å². The van der Waals surface area contributed by atoms with Crippen LogP contribution in [0.2, 0.25) is 0 Å². The quantitative estimate of drug-likeness (QED) is 0.346. The van der Waals surface area contributed by atoms with E-state index in [4.69, 9.17) is 5.84 Å². The second-order valence-corrected chi connectivity index (χ2v) is 2.68. The molecular weight excluding hydrogens is 124 g/mol. The van der Waals surface area contributed by atoms with E-state index in [1.807, 2.05) is 6.08 Å². The van der Waals surface area contributed by atoms with Crippen LogP contribution in [0.4, 0.5) is 0 Å². The molecule has 0 heterocycles. The van der Waals surface area contributed by atoms with Gasteiger partial charge in [0.1, 0.15) is 0 Å². The van der Waals surface area contributed by atoms with Crippen LogP contribution in [0.25, 0.3) is 0 Å². The molecule has 0 rings (SSSR count). The van der Waals surface area contributed by atoms with Gasteiger partial charge in [0.05, 0.1) is 0 Å². The Balaban J connectivity index is 3.67. The zero-order chi connectivity index (χ0) is 7.98. The van der Waals surface area contributed by atoms with E-state index in [1.54, 1.807) is 0 Å². The van der Waals surface area contributed by atoms with E-state index >= 15 is 0 Å². The third-order valence-electron chi connectivity index (χ3n) is 1.97. The van der Waals surface area contributed by atoms with Crippen molar-refractivity contribution in [2.45, 2.75) is 32.7 Å². The molecule has 0 aliphatic heterocycles. The Morgan fingerprint density at radius 2 is 2.30 bits per heavy atom. The van der Waals surface area contributed by atoms with E-state index < -0.39 is 0 Å². The molecule has 2 unspecified atom stereocenters. The molecule has 0 aromatic heterocycles. The fourth-order valence-electron chi connectivity index (χ4n) is 0.929. The van der Waals surface area contributed by atoms with Crippen molar-refractivity contribution >= 4 is 0 Å². The lowest BCUT2D eigenvalue weighted by molar-refractivity contribution is 0.375. The van der Waals surface area contributed by atoms with Crippen LogP contribution in [0.3, 0.4) is 0 Å². The SMILES string of the molecule is C=CCC(NN)C(C)CC. The van der Waals surface area contributed by atoms with Crippen LogP contribution < -0.4 is 11.3 Å². The molecule has 2 atom stereocenters. The van der Waals surface area contributed by atoms with Crippen molar-refractivity contribution in [1.82, 2.24) is 5.43 Å². The number of nitrogens with two attached hydrogens (primary N) is 1. The summed E-state index contributed by atoms with van der Waals surface area (Å²) in [5.41, 5.74) is 2.78. The molecule has 0 aliphatic carbocycles. The Morgan fingerprint density at radius 3 is 2.60 bits per heavy atom.